The van der Waals surface area contributed by atoms with Gasteiger partial charge in [-0.1, -0.05) is 11.3 Å². The average molecular weight is 253 g/mol. The smallest absolute Gasteiger partial charge is 0.300 e. The summed E-state index contributed by atoms with van der Waals surface area (Å²) in [6.45, 7) is 0. The van der Waals surface area contributed by atoms with E-state index in [0.29, 0.717) is 17.7 Å². The largest absolute Gasteiger partial charge is 0.324 e. The minimum Gasteiger partial charge on any atom is -0.300 e. The van der Waals surface area contributed by atoms with Gasteiger partial charge >= 0.3 is 5.00 Å². The van der Waals surface area contributed by atoms with E-state index >= 15 is 0 Å². The lowest BCUT2D eigenvalue weighted by molar-refractivity contribution is -0.380. The molecule has 0 saturated heterocycles. The van der Waals surface area contributed by atoms with Gasteiger partial charge in [0.2, 0.25) is 0 Å². The second-order valence-corrected chi connectivity index (χ2v) is 5.15. The zero-order valence-electron chi connectivity index (χ0n) is 9.05. The fourth-order valence-electron chi connectivity index (χ4n) is 2.01. The van der Waals surface area contributed by atoms with Gasteiger partial charge < -0.3 is 0 Å². The van der Waals surface area contributed by atoms with E-state index < -0.39 is 4.92 Å². The van der Waals surface area contributed by atoms with Crippen molar-refractivity contribution in [1.82, 2.24) is 0 Å². The summed E-state index contributed by atoms with van der Waals surface area (Å²) < 4.78 is 0. The van der Waals surface area contributed by atoms with Gasteiger partial charge in [0.1, 0.15) is 5.78 Å². The molecule has 0 amide bonds. The Balaban J connectivity index is 2.13. The van der Waals surface area contributed by atoms with Crippen LogP contribution in [0.5, 0.6) is 0 Å². The van der Waals surface area contributed by atoms with E-state index in [0.717, 1.165) is 17.8 Å². The molecular weight excluding hydrogens is 242 g/mol. The van der Waals surface area contributed by atoms with Gasteiger partial charge in [-0.3, -0.25) is 19.7 Å². The highest BCUT2D eigenvalue weighted by atomic mass is 32.1. The summed E-state index contributed by atoms with van der Waals surface area (Å²) in [5, 5.41) is 10.5. The molecule has 1 heterocycles. The second kappa shape index (κ2) is 4.75. The number of hydrogen-bond acceptors (Lipinski definition) is 5. The summed E-state index contributed by atoms with van der Waals surface area (Å²) in [5.41, 5.74) is 0. The molecule has 1 aliphatic carbocycles. The van der Waals surface area contributed by atoms with E-state index in [1.807, 2.05) is 0 Å². The molecule has 1 unspecified atom stereocenters. The topological polar surface area (TPSA) is 77.3 Å². The monoisotopic (exact) mass is 253 g/mol. The van der Waals surface area contributed by atoms with Crippen molar-refractivity contribution < 1.29 is 14.5 Å². The van der Waals surface area contributed by atoms with Crippen molar-refractivity contribution in [3.63, 3.8) is 0 Å². The summed E-state index contributed by atoms with van der Waals surface area (Å²) in [7, 11) is 0. The van der Waals surface area contributed by atoms with Crippen LogP contribution in [0.4, 0.5) is 5.00 Å². The molecule has 1 aromatic heterocycles. The van der Waals surface area contributed by atoms with Crippen LogP contribution < -0.4 is 0 Å². The number of nitrogens with zero attached hydrogens (tertiary/aromatic N) is 1. The van der Waals surface area contributed by atoms with Crippen LogP contribution in [-0.4, -0.2) is 16.5 Å². The SMILES string of the molecule is O=C1CCCC(C(=O)c2ccc([N+](=O)[O-])s2)C1. The van der Waals surface area contributed by atoms with Gasteiger partial charge in [0.15, 0.2) is 5.78 Å². The molecule has 2 rings (SSSR count). The van der Waals surface area contributed by atoms with E-state index in [-0.39, 0.29) is 28.9 Å². The molecule has 0 N–H and O–H groups in total. The Kier molecular flexibility index (Phi) is 3.33. The molecule has 0 aliphatic heterocycles. The van der Waals surface area contributed by atoms with Crippen LogP contribution in [0, 0.1) is 16.0 Å². The molecule has 6 heteroatoms. The highest BCUT2D eigenvalue weighted by Crippen LogP contribution is 2.30. The first-order valence-corrected chi connectivity index (χ1v) is 6.19. The zero-order chi connectivity index (χ0) is 12.4. The first kappa shape index (κ1) is 11.9. The quantitative estimate of drug-likeness (QED) is 0.471. The Bertz CT molecular complexity index is 480. The summed E-state index contributed by atoms with van der Waals surface area (Å²) in [6.07, 6.45) is 2.28. The number of thiophene rings is 1. The molecule has 1 aromatic rings. The number of carbonyl (C=O) groups is 2. The zero-order valence-corrected chi connectivity index (χ0v) is 9.87. The summed E-state index contributed by atoms with van der Waals surface area (Å²) in [4.78, 5) is 33.7. The van der Waals surface area contributed by atoms with Crippen LogP contribution in [0.1, 0.15) is 35.4 Å². The number of Topliss-reactive ketones (excluding diaryl/α,β-unsaturated/α-hetero) is 2. The van der Waals surface area contributed by atoms with Crippen molar-refractivity contribution in [3.05, 3.63) is 27.1 Å². The van der Waals surface area contributed by atoms with E-state index in [1.165, 1.54) is 12.1 Å². The number of carbonyl (C=O) groups excluding carboxylic acids is 2. The molecule has 0 spiro atoms. The van der Waals surface area contributed by atoms with Crippen LogP contribution in [0.3, 0.4) is 0 Å². The second-order valence-electron chi connectivity index (χ2n) is 4.09. The maximum Gasteiger partial charge on any atom is 0.324 e. The van der Waals surface area contributed by atoms with E-state index in [1.54, 1.807) is 0 Å². The number of ketones is 2. The predicted molar refractivity (Wildman–Crippen MR) is 62.3 cm³/mol. The van der Waals surface area contributed by atoms with Crippen molar-refractivity contribution >= 4 is 27.9 Å². The van der Waals surface area contributed by atoms with Gasteiger partial charge in [0, 0.05) is 24.8 Å². The Labute approximate surface area is 102 Å². The third kappa shape index (κ3) is 2.58. The molecule has 0 radical (unpaired) electrons. The lowest BCUT2D eigenvalue weighted by Crippen LogP contribution is -2.22. The molecular formula is C11H11NO4S. The highest BCUT2D eigenvalue weighted by molar-refractivity contribution is 7.17. The van der Waals surface area contributed by atoms with Gasteiger partial charge in [-0.25, -0.2) is 0 Å². The Morgan fingerprint density at radius 1 is 1.47 bits per heavy atom. The number of hydrogen-bond donors (Lipinski definition) is 0. The average Bonchev–Trinajstić information content (AvgIpc) is 2.77. The van der Waals surface area contributed by atoms with Crippen LogP contribution in [0.25, 0.3) is 0 Å². The van der Waals surface area contributed by atoms with Crippen LogP contribution in [0.2, 0.25) is 0 Å². The van der Waals surface area contributed by atoms with Crippen LogP contribution >= 0.6 is 11.3 Å². The molecule has 0 bridgehead atoms. The third-order valence-electron chi connectivity index (χ3n) is 2.87. The molecule has 1 fully saturated rings. The van der Waals surface area contributed by atoms with Crippen LogP contribution in [0.15, 0.2) is 12.1 Å². The summed E-state index contributed by atoms with van der Waals surface area (Å²) >= 11 is 0.884. The van der Waals surface area contributed by atoms with Gasteiger partial charge in [0.05, 0.1) is 9.80 Å². The minimum atomic E-state index is -0.506. The maximum atomic E-state index is 12.0. The van der Waals surface area contributed by atoms with Gasteiger partial charge in [-0.2, -0.15) is 0 Å². The Hall–Kier alpha value is -1.56. The Morgan fingerprint density at radius 2 is 2.24 bits per heavy atom. The fourth-order valence-corrected chi connectivity index (χ4v) is 2.85. The normalized spacial score (nSPS) is 20.2. The van der Waals surface area contributed by atoms with Crippen molar-refractivity contribution in [2.75, 3.05) is 0 Å². The Morgan fingerprint density at radius 3 is 2.82 bits per heavy atom. The van der Waals surface area contributed by atoms with Crippen molar-refractivity contribution in [2.45, 2.75) is 25.7 Å². The van der Waals surface area contributed by atoms with E-state index in [9.17, 15) is 19.7 Å². The summed E-state index contributed by atoms with van der Waals surface area (Å²) in [6, 6.07) is 2.81. The molecule has 17 heavy (non-hydrogen) atoms. The molecule has 1 aliphatic rings. The lowest BCUT2D eigenvalue weighted by Gasteiger charge is -2.18. The fraction of sp³-hybridized carbons (Fsp3) is 0.455. The molecule has 1 saturated carbocycles. The first-order chi connectivity index (χ1) is 8.08. The predicted octanol–water partition coefficient (Wildman–Crippen LogP) is 2.60. The van der Waals surface area contributed by atoms with Gasteiger partial charge in [0.25, 0.3) is 0 Å². The standard InChI is InChI=1S/C11H11NO4S/c13-8-3-1-2-7(6-8)11(14)9-4-5-10(17-9)12(15)16/h4-5,7H,1-3,6H2. The molecule has 0 aromatic carbocycles. The van der Waals surface area contributed by atoms with Crippen molar-refractivity contribution in [2.24, 2.45) is 5.92 Å². The number of nitro groups is 1. The highest BCUT2D eigenvalue weighted by Gasteiger charge is 2.28. The number of rotatable bonds is 3. The van der Waals surface area contributed by atoms with E-state index in [2.05, 4.69) is 0 Å². The molecule has 1 atom stereocenters. The molecule has 90 valence electrons. The van der Waals surface area contributed by atoms with Gasteiger partial charge in [-0.15, -0.1) is 0 Å². The van der Waals surface area contributed by atoms with Gasteiger partial charge in [-0.05, 0) is 18.9 Å². The third-order valence-corrected chi connectivity index (χ3v) is 3.92. The van der Waals surface area contributed by atoms with Crippen molar-refractivity contribution in [3.8, 4) is 0 Å². The minimum absolute atomic E-state index is 0.0320. The van der Waals surface area contributed by atoms with E-state index in [4.69, 9.17) is 0 Å². The van der Waals surface area contributed by atoms with Crippen LogP contribution in [-0.2, 0) is 4.79 Å². The summed E-state index contributed by atoms with van der Waals surface area (Å²) in [5.74, 6) is -0.300. The molecule has 5 nitrogen and oxygen atoms in total. The lowest BCUT2D eigenvalue weighted by atomic mass is 9.85. The first-order valence-electron chi connectivity index (χ1n) is 5.38. The maximum absolute atomic E-state index is 12.0. The van der Waals surface area contributed by atoms with Crippen molar-refractivity contribution in [1.29, 1.82) is 0 Å².